The van der Waals surface area contributed by atoms with Crippen LogP contribution in [0.4, 0.5) is 8.78 Å². The maximum Gasteiger partial charge on any atom is 0.251 e. The molecule has 1 saturated heterocycles. The van der Waals surface area contributed by atoms with Crippen molar-refractivity contribution < 1.29 is 18.3 Å². The van der Waals surface area contributed by atoms with Gasteiger partial charge in [0.25, 0.3) is 5.91 Å². The van der Waals surface area contributed by atoms with Gasteiger partial charge in [-0.05, 0) is 60.1 Å². The Balaban J connectivity index is 1.45. The number of nitrogens with zero attached hydrogens (tertiary/aromatic N) is 3. The third-order valence-corrected chi connectivity index (χ3v) is 8.03. The van der Waals surface area contributed by atoms with Crippen molar-refractivity contribution in [2.75, 3.05) is 13.2 Å². The third kappa shape index (κ3) is 2.81. The molecule has 1 aliphatic heterocycles. The van der Waals surface area contributed by atoms with E-state index in [9.17, 15) is 13.6 Å². The van der Waals surface area contributed by atoms with E-state index in [0.29, 0.717) is 18.8 Å². The van der Waals surface area contributed by atoms with Gasteiger partial charge in [0.1, 0.15) is 11.6 Å². The number of benzene rings is 1. The molecule has 2 bridgehead atoms. The number of pyridine rings is 1. The van der Waals surface area contributed by atoms with Gasteiger partial charge >= 0.3 is 0 Å². The average molecular weight is 463 g/mol. The van der Waals surface area contributed by atoms with Crippen LogP contribution in [-0.4, -0.2) is 40.3 Å². The number of hydrogen-bond acceptors (Lipinski definition) is 5. The first-order valence-corrected chi connectivity index (χ1v) is 11.5. The van der Waals surface area contributed by atoms with Crippen molar-refractivity contribution in [2.24, 2.45) is 5.41 Å². The molecule has 0 spiro atoms. The first-order valence-electron chi connectivity index (χ1n) is 11.5. The van der Waals surface area contributed by atoms with Crippen LogP contribution in [0.15, 0.2) is 42.6 Å². The molecular formula is C26H24F2N4O2. The van der Waals surface area contributed by atoms with Gasteiger partial charge in [-0.1, -0.05) is 19.9 Å². The van der Waals surface area contributed by atoms with Gasteiger partial charge in [0.2, 0.25) is 0 Å². The Labute approximate surface area is 195 Å². The molecule has 6 nitrogen and oxygen atoms in total. The SMILES string of the molecule is CC1(C)[C@H]2CC[C@]1(c1cc(C(=O)NC3COC3)ccn1)c1nnc(-c3c(F)cccc3F)cc12. The molecule has 3 aromatic rings. The Morgan fingerprint density at radius 3 is 2.59 bits per heavy atom. The summed E-state index contributed by atoms with van der Waals surface area (Å²) < 4.78 is 34.0. The normalized spacial score (nSPS) is 24.5. The maximum absolute atomic E-state index is 14.4. The number of nitrogens with one attached hydrogen (secondary N) is 1. The van der Waals surface area contributed by atoms with Crippen molar-refractivity contribution in [3.63, 3.8) is 0 Å². The molecule has 1 saturated carbocycles. The van der Waals surface area contributed by atoms with Crippen LogP contribution in [0, 0.1) is 17.0 Å². The summed E-state index contributed by atoms with van der Waals surface area (Å²) in [7, 11) is 0. The Morgan fingerprint density at radius 2 is 1.88 bits per heavy atom. The minimum Gasteiger partial charge on any atom is -0.377 e. The summed E-state index contributed by atoms with van der Waals surface area (Å²) in [5.41, 5.74) is 2.27. The molecule has 2 atom stereocenters. The molecule has 0 radical (unpaired) electrons. The lowest BCUT2D eigenvalue weighted by Crippen LogP contribution is -2.48. The molecule has 6 rings (SSSR count). The molecule has 174 valence electrons. The lowest BCUT2D eigenvalue weighted by Gasteiger charge is -2.37. The molecule has 1 N–H and O–H groups in total. The number of fused-ring (bicyclic) bond motifs is 5. The van der Waals surface area contributed by atoms with Crippen molar-refractivity contribution in [1.82, 2.24) is 20.5 Å². The fourth-order valence-electron chi connectivity index (χ4n) is 6.15. The van der Waals surface area contributed by atoms with Crippen LogP contribution in [0.2, 0.25) is 0 Å². The van der Waals surface area contributed by atoms with E-state index in [1.54, 1.807) is 18.3 Å². The predicted octanol–water partition coefficient (Wildman–Crippen LogP) is 4.15. The van der Waals surface area contributed by atoms with E-state index in [4.69, 9.17) is 9.72 Å². The lowest BCUT2D eigenvalue weighted by atomic mass is 9.66. The molecule has 2 aliphatic carbocycles. The van der Waals surface area contributed by atoms with Gasteiger partial charge in [0.05, 0.1) is 47.3 Å². The van der Waals surface area contributed by atoms with E-state index in [2.05, 4.69) is 29.4 Å². The van der Waals surface area contributed by atoms with Crippen LogP contribution in [0.5, 0.6) is 0 Å². The second-order valence-electron chi connectivity index (χ2n) is 9.99. The fourth-order valence-corrected chi connectivity index (χ4v) is 6.15. The minimum absolute atomic E-state index is 0.0323. The van der Waals surface area contributed by atoms with Gasteiger partial charge in [0.15, 0.2) is 0 Å². The van der Waals surface area contributed by atoms with Crippen LogP contribution < -0.4 is 5.32 Å². The zero-order valence-corrected chi connectivity index (χ0v) is 18.9. The number of aromatic nitrogens is 3. The first-order chi connectivity index (χ1) is 16.3. The average Bonchev–Trinajstić information content (AvgIpc) is 3.17. The molecule has 0 unspecified atom stereocenters. The monoisotopic (exact) mass is 462 g/mol. The number of halogens is 2. The van der Waals surface area contributed by atoms with Crippen LogP contribution in [0.3, 0.4) is 0 Å². The van der Waals surface area contributed by atoms with Crippen LogP contribution in [-0.2, 0) is 10.2 Å². The smallest absolute Gasteiger partial charge is 0.251 e. The second kappa shape index (κ2) is 7.37. The highest BCUT2D eigenvalue weighted by atomic mass is 19.1. The van der Waals surface area contributed by atoms with Gasteiger partial charge in [-0.25, -0.2) is 8.78 Å². The van der Waals surface area contributed by atoms with Crippen LogP contribution in [0.25, 0.3) is 11.3 Å². The number of amides is 1. The molecule has 1 amide bonds. The molecule has 8 heteroatoms. The minimum atomic E-state index is -0.663. The van der Waals surface area contributed by atoms with Gasteiger partial charge < -0.3 is 10.1 Å². The Hall–Kier alpha value is -3.26. The van der Waals surface area contributed by atoms with Gasteiger partial charge in [-0.15, -0.1) is 5.10 Å². The van der Waals surface area contributed by atoms with Crippen molar-refractivity contribution in [3.8, 4) is 11.3 Å². The zero-order valence-electron chi connectivity index (χ0n) is 18.9. The topological polar surface area (TPSA) is 77.0 Å². The molecule has 1 aromatic carbocycles. The molecule has 34 heavy (non-hydrogen) atoms. The zero-order chi connectivity index (χ0) is 23.7. The first kappa shape index (κ1) is 21.3. The summed E-state index contributed by atoms with van der Waals surface area (Å²) in [4.78, 5) is 17.5. The van der Waals surface area contributed by atoms with Crippen molar-refractivity contribution in [1.29, 1.82) is 0 Å². The lowest BCUT2D eigenvalue weighted by molar-refractivity contribution is -0.00346. The van der Waals surface area contributed by atoms with Crippen LogP contribution in [0.1, 0.15) is 59.9 Å². The number of ether oxygens (including phenoxy) is 1. The molecule has 2 aromatic heterocycles. The molecular weight excluding hydrogens is 438 g/mol. The van der Waals surface area contributed by atoms with E-state index < -0.39 is 17.0 Å². The summed E-state index contributed by atoms with van der Waals surface area (Å²) >= 11 is 0. The van der Waals surface area contributed by atoms with Gasteiger partial charge in [-0.2, -0.15) is 5.10 Å². The van der Waals surface area contributed by atoms with E-state index in [1.165, 1.54) is 18.2 Å². The van der Waals surface area contributed by atoms with Crippen molar-refractivity contribution in [2.45, 2.75) is 44.1 Å². The number of carbonyl (C=O) groups is 1. The van der Waals surface area contributed by atoms with Crippen LogP contribution >= 0.6 is 0 Å². The van der Waals surface area contributed by atoms with E-state index in [-0.39, 0.29) is 34.5 Å². The molecule has 2 fully saturated rings. The van der Waals surface area contributed by atoms with E-state index in [1.807, 2.05) is 6.07 Å². The largest absolute Gasteiger partial charge is 0.377 e. The highest BCUT2D eigenvalue weighted by Crippen LogP contribution is 2.69. The van der Waals surface area contributed by atoms with E-state index >= 15 is 0 Å². The van der Waals surface area contributed by atoms with Crippen molar-refractivity contribution in [3.05, 3.63) is 76.7 Å². The summed E-state index contributed by atoms with van der Waals surface area (Å²) in [5, 5.41) is 11.8. The summed E-state index contributed by atoms with van der Waals surface area (Å²) in [6, 6.07) is 9.15. The number of rotatable bonds is 4. The number of hydrogen-bond donors (Lipinski definition) is 1. The predicted molar refractivity (Wildman–Crippen MR) is 120 cm³/mol. The summed E-state index contributed by atoms with van der Waals surface area (Å²) in [6.45, 7) is 5.40. The quantitative estimate of drug-likeness (QED) is 0.631. The summed E-state index contributed by atoms with van der Waals surface area (Å²) in [5.74, 6) is -1.35. The van der Waals surface area contributed by atoms with Crippen molar-refractivity contribution >= 4 is 5.91 Å². The Kier molecular flexibility index (Phi) is 4.61. The second-order valence-corrected chi connectivity index (χ2v) is 9.99. The van der Waals surface area contributed by atoms with Gasteiger partial charge in [0, 0.05) is 11.8 Å². The standard InChI is InChI=1S/C26H24F2N4O2/c1-25(2)17-6-8-26(25,21-10-14(7-9-29-21)24(33)30-15-12-34-13-15)23-16(17)11-20(31-32-23)22-18(27)4-3-5-19(22)28/h3-5,7,9-11,15,17H,6,8,12-13H2,1-2H3,(H,30,33)/t17-,26-/m0/s1. The molecule has 3 heterocycles. The highest BCUT2D eigenvalue weighted by Gasteiger charge is 2.65. The summed E-state index contributed by atoms with van der Waals surface area (Å²) in [6.07, 6.45) is 3.37. The fraction of sp³-hybridized carbons (Fsp3) is 0.385. The Bertz CT molecular complexity index is 1300. The number of carbonyl (C=O) groups excluding carboxylic acids is 1. The maximum atomic E-state index is 14.4. The molecule has 3 aliphatic rings. The highest BCUT2D eigenvalue weighted by molar-refractivity contribution is 5.94. The van der Waals surface area contributed by atoms with E-state index in [0.717, 1.165) is 29.8 Å². The Morgan fingerprint density at radius 1 is 1.12 bits per heavy atom. The van der Waals surface area contributed by atoms with Gasteiger partial charge in [-0.3, -0.25) is 9.78 Å². The third-order valence-electron chi connectivity index (χ3n) is 8.03.